The van der Waals surface area contributed by atoms with Gasteiger partial charge in [-0.25, -0.2) is 9.14 Å². The summed E-state index contributed by atoms with van der Waals surface area (Å²) in [5.41, 5.74) is 8.93. The molecule has 48 heavy (non-hydrogen) atoms. The number of hydrogen-bond donors (Lipinski definition) is 1. The van der Waals surface area contributed by atoms with Crippen molar-refractivity contribution in [2.24, 2.45) is 0 Å². The number of nitro groups is 1. The lowest BCUT2D eigenvalue weighted by atomic mass is 9.87. The molecule has 4 aliphatic rings. The predicted molar refractivity (Wildman–Crippen MR) is 189 cm³/mol. The van der Waals surface area contributed by atoms with Crippen LogP contribution in [0.15, 0.2) is 77.8 Å². The first kappa shape index (κ1) is 32.0. The number of anilines is 1. The van der Waals surface area contributed by atoms with Crippen LogP contribution in [0.5, 0.6) is 0 Å². The van der Waals surface area contributed by atoms with E-state index in [9.17, 15) is 20.0 Å². The highest BCUT2D eigenvalue weighted by Crippen LogP contribution is 2.43. The Morgan fingerprint density at radius 2 is 1.81 bits per heavy atom. The fourth-order valence-electron chi connectivity index (χ4n) is 7.75. The Kier molecular flexibility index (Phi) is 8.51. The lowest BCUT2D eigenvalue weighted by Crippen LogP contribution is -2.50. The quantitative estimate of drug-likeness (QED) is 0.169. The van der Waals surface area contributed by atoms with Crippen LogP contribution < -0.4 is 20.5 Å². The molecular weight excluding hydrogens is 621 g/mol. The van der Waals surface area contributed by atoms with E-state index in [1.54, 1.807) is 0 Å². The van der Waals surface area contributed by atoms with E-state index in [0.29, 0.717) is 5.56 Å². The molecule has 2 aromatic carbocycles. The lowest BCUT2D eigenvalue weighted by Gasteiger charge is -2.38. The molecule has 2 fully saturated rings. The molecule has 1 aromatic heterocycles. The van der Waals surface area contributed by atoms with Gasteiger partial charge in [-0.2, -0.15) is 0 Å². The standard InChI is InChI=1S/C37H42N6O4Si/c1-25-20-26(36(45)39-23-29(44)24-42-19-14-38-37(42)43(46)47)8-11-30(25)35-31-12-9-27(40-15-4-5-16-40)21-33(31)48(2,3)34-22-28(10-13-32(34)35)41-17-6-7-18-41/h8-14,19-22,29H,4-7,15-18,23-24H2,1-3H3,(H,39,45). The molecule has 1 N–H and O–H groups in total. The number of nitrogens with one attached hydrogen (secondary N) is 1. The minimum atomic E-state index is -2.08. The molecule has 0 saturated carbocycles. The number of nitrogens with zero attached hydrogens (tertiary/aromatic N) is 5. The van der Waals surface area contributed by atoms with Crippen molar-refractivity contribution in [2.45, 2.75) is 58.3 Å². The third-order valence-corrected chi connectivity index (χ3v) is 13.9. The van der Waals surface area contributed by atoms with Gasteiger partial charge in [-0.3, -0.25) is 4.79 Å². The largest absolute Gasteiger partial charge is 0.848 e. The van der Waals surface area contributed by atoms with Crippen LogP contribution in [-0.4, -0.2) is 77.6 Å². The van der Waals surface area contributed by atoms with E-state index in [2.05, 4.69) is 69.3 Å². The topological polar surface area (TPSA) is 119 Å². The highest BCUT2D eigenvalue weighted by molar-refractivity contribution is 6.98. The zero-order valence-corrected chi connectivity index (χ0v) is 28.9. The van der Waals surface area contributed by atoms with Crippen molar-refractivity contribution in [3.8, 4) is 0 Å². The van der Waals surface area contributed by atoms with E-state index in [1.165, 1.54) is 81.1 Å². The number of rotatable bonds is 8. The van der Waals surface area contributed by atoms with Crippen molar-refractivity contribution < 1.29 is 19.4 Å². The number of fused-ring (bicyclic) bond motifs is 2. The smallest absolute Gasteiger partial charge is 0.434 e. The summed E-state index contributed by atoms with van der Waals surface area (Å²) in [4.78, 5) is 29.9. The summed E-state index contributed by atoms with van der Waals surface area (Å²) < 4.78 is 3.72. The maximum absolute atomic E-state index is 13.2. The van der Waals surface area contributed by atoms with E-state index in [4.69, 9.17) is 0 Å². The molecule has 0 radical (unpaired) electrons. The normalized spacial score (nSPS) is 18.9. The van der Waals surface area contributed by atoms with Gasteiger partial charge in [0.05, 0.1) is 6.54 Å². The van der Waals surface area contributed by atoms with Crippen LogP contribution in [0.2, 0.25) is 13.1 Å². The van der Waals surface area contributed by atoms with Gasteiger partial charge < -0.3 is 25.4 Å². The molecule has 0 spiro atoms. The maximum atomic E-state index is 13.2. The van der Waals surface area contributed by atoms with Gasteiger partial charge in [0.2, 0.25) is 0 Å². The number of imidazole rings is 1. The summed E-state index contributed by atoms with van der Waals surface area (Å²) in [5.74, 6) is -0.735. The second-order valence-corrected chi connectivity index (χ2v) is 18.2. The van der Waals surface area contributed by atoms with Crippen LogP contribution in [0, 0.1) is 17.0 Å². The Bertz CT molecular complexity index is 1920. The van der Waals surface area contributed by atoms with Gasteiger partial charge in [-0.1, -0.05) is 36.3 Å². The van der Waals surface area contributed by atoms with Crippen LogP contribution in [0.25, 0.3) is 5.57 Å². The zero-order chi connectivity index (χ0) is 33.6. The highest BCUT2D eigenvalue weighted by Gasteiger charge is 2.41. The van der Waals surface area contributed by atoms with Crippen LogP contribution in [0.1, 0.15) is 52.7 Å². The summed E-state index contributed by atoms with van der Waals surface area (Å²) in [6.45, 7) is 11.1. The van der Waals surface area contributed by atoms with Gasteiger partial charge in [-0.05, 0) is 93.2 Å². The molecule has 0 bridgehead atoms. The van der Waals surface area contributed by atoms with Gasteiger partial charge in [0.15, 0.2) is 5.71 Å². The van der Waals surface area contributed by atoms with Gasteiger partial charge in [0.1, 0.15) is 33.6 Å². The van der Waals surface area contributed by atoms with Gasteiger partial charge >= 0.3 is 5.95 Å². The second kappa shape index (κ2) is 12.8. The Hall–Kier alpha value is -4.61. The zero-order valence-electron chi connectivity index (χ0n) is 27.9. The van der Waals surface area contributed by atoms with Crippen molar-refractivity contribution in [1.82, 2.24) is 14.9 Å². The Labute approximate surface area is 282 Å². The predicted octanol–water partition coefficient (Wildman–Crippen LogP) is 3.87. The molecule has 10 nitrogen and oxygen atoms in total. The van der Waals surface area contributed by atoms with Crippen molar-refractivity contribution in [3.63, 3.8) is 0 Å². The van der Waals surface area contributed by atoms with E-state index < -0.39 is 19.1 Å². The SMILES string of the molecule is Cc1cc(C(=O)NCC([O-])Cn2ccnc2[N+](=O)[O-])ccc1C1=C2C=CC(=[N+]3CCCC3)C=C2[Si](C)(C)c2cc(N3CCCC3)ccc21. The number of amides is 1. The summed E-state index contributed by atoms with van der Waals surface area (Å²) in [6.07, 6.45) is 13.4. The van der Waals surface area contributed by atoms with Gasteiger partial charge in [-0.15, -0.1) is 0 Å². The van der Waals surface area contributed by atoms with Crippen LogP contribution in [0.4, 0.5) is 11.6 Å². The Morgan fingerprint density at radius 3 is 2.54 bits per heavy atom. The molecule has 1 aliphatic carbocycles. The molecule has 3 aromatic rings. The lowest BCUT2D eigenvalue weighted by molar-refractivity contribution is -0.504. The average molecular weight is 663 g/mol. The molecule has 1 unspecified atom stereocenters. The number of carbonyl (C=O) groups excluding carboxylic acids is 1. The maximum Gasteiger partial charge on any atom is 0.434 e. The molecule has 7 rings (SSSR count). The number of allylic oxidation sites excluding steroid dienone is 5. The molecular formula is C37H42N6O4Si. The fraction of sp³-hybridized carbons (Fsp3) is 0.378. The van der Waals surface area contributed by atoms with Crippen LogP contribution in [-0.2, 0) is 6.54 Å². The molecule has 3 aliphatic heterocycles. The molecule has 11 heteroatoms. The second-order valence-electron chi connectivity index (χ2n) is 13.8. The van der Waals surface area contributed by atoms with Gasteiger partial charge in [0.25, 0.3) is 5.91 Å². The van der Waals surface area contributed by atoms with E-state index in [0.717, 1.165) is 37.3 Å². The number of benzene rings is 2. The number of aryl methyl sites for hydroxylation is 1. The third kappa shape index (κ3) is 5.85. The fourth-order valence-corrected chi connectivity index (χ4v) is 10.8. The van der Waals surface area contributed by atoms with Crippen molar-refractivity contribution in [1.29, 1.82) is 0 Å². The molecule has 1 amide bonds. The van der Waals surface area contributed by atoms with Crippen LogP contribution >= 0.6 is 0 Å². The number of aromatic nitrogens is 2. The third-order valence-electron chi connectivity index (χ3n) is 10.3. The minimum absolute atomic E-state index is 0.161. The summed E-state index contributed by atoms with van der Waals surface area (Å²) in [6, 6.07) is 12.8. The highest BCUT2D eigenvalue weighted by atomic mass is 28.3. The Balaban J connectivity index is 1.21. The van der Waals surface area contributed by atoms with Crippen molar-refractivity contribution >= 4 is 42.1 Å². The summed E-state index contributed by atoms with van der Waals surface area (Å²) in [7, 11) is -2.08. The molecule has 248 valence electrons. The Morgan fingerprint density at radius 1 is 1.06 bits per heavy atom. The van der Waals surface area contributed by atoms with E-state index in [1.807, 2.05) is 25.1 Å². The number of carbonyl (C=O) groups is 1. The van der Waals surface area contributed by atoms with Crippen molar-refractivity contribution in [2.75, 3.05) is 37.6 Å². The monoisotopic (exact) mass is 662 g/mol. The first-order chi connectivity index (χ1) is 23.1. The average Bonchev–Trinajstić information content (AvgIpc) is 3.88. The first-order valence-corrected chi connectivity index (χ1v) is 20.0. The van der Waals surface area contributed by atoms with Gasteiger partial charge in [0, 0.05) is 55.9 Å². The first-order valence-electron chi connectivity index (χ1n) is 17.0. The number of hydrogen-bond acceptors (Lipinski definition) is 6. The van der Waals surface area contributed by atoms with Crippen molar-refractivity contribution in [3.05, 3.63) is 110 Å². The summed E-state index contributed by atoms with van der Waals surface area (Å²) >= 11 is 0. The van der Waals surface area contributed by atoms with E-state index >= 15 is 0 Å². The van der Waals surface area contributed by atoms with Crippen LogP contribution in [0.3, 0.4) is 0 Å². The van der Waals surface area contributed by atoms with E-state index in [-0.39, 0.29) is 24.9 Å². The molecule has 4 heterocycles. The molecule has 1 atom stereocenters. The minimum Gasteiger partial charge on any atom is -0.848 e. The molecule has 2 saturated heterocycles. The summed E-state index contributed by atoms with van der Waals surface area (Å²) in [5, 5.41) is 29.4.